The molecule has 1 saturated heterocycles. The molecule has 4 aromatic rings. The first-order valence-electron chi connectivity index (χ1n) is 15.0. The molecule has 2 aliphatic rings. The van der Waals surface area contributed by atoms with Gasteiger partial charge in [0.2, 0.25) is 0 Å². The van der Waals surface area contributed by atoms with Gasteiger partial charge in [-0.1, -0.05) is 36.4 Å². The van der Waals surface area contributed by atoms with Gasteiger partial charge in [-0.2, -0.15) is 0 Å². The van der Waals surface area contributed by atoms with Crippen molar-refractivity contribution in [2.24, 2.45) is 0 Å². The van der Waals surface area contributed by atoms with Crippen molar-refractivity contribution in [2.75, 3.05) is 44.7 Å². The van der Waals surface area contributed by atoms with Crippen molar-refractivity contribution in [2.45, 2.75) is 19.3 Å². The summed E-state index contributed by atoms with van der Waals surface area (Å²) in [5.41, 5.74) is 5.70. The maximum absolute atomic E-state index is 14.6. The van der Waals surface area contributed by atoms with E-state index in [2.05, 4.69) is 15.5 Å². The van der Waals surface area contributed by atoms with Crippen molar-refractivity contribution in [3.8, 4) is 0 Å². The predicted molar refractivity (Wildman–Crippen MR) is 167 cm³/mol. The van der Waals surface area contributed by atoms with E-state index in [0.717, 1.165) is 36.4 Å². The van der Waals surface area contributed by atoms with Crippen molar-refractivity contribution in [3.63, 3.8) is 0 Å². The van der Waals surface area contributed by atoms with Crippen molar-refractivity contribution in [1.29, 1.82) is 0 Å². The largest absolute Gasteiger partial charge is 0.379 e. The van der Waals surface area contributed by atoms with Gasteiger partial charge in [0.05, 0.1) is 13.2 Å². The van der Waals surface area contributed by atoms with Gasteiger partial charge in [0, 0.05) is 66.2 Å². The van der Waals surface area contributed by atoms with Gasteiger partial charge >= 0.3 is 0 Å². The fourth-order valence-electron chi connectivity index (χ4n) is 5.77. The second-order valence-corrected chi connectivity index (χ2v) is 11.2. The number of benzene rings is 4. The number of aryl methyl sites for hydroxylation is 2. The summed E-state index contributed by atoms with van der Waals surface area (Å²) in [7, 11) is 0. The number of hydrogen-bond donors (Lipinski definition) is 2. The summed E-state index contributed by atoms with van der Waals surface area (Å²) in [6.45, 7) is 4.44. The third kappa shape index (κ3) is 6.77. The lowest BCUT2D eigenvalue weighted by atomic mass is 9.96. The van der Waals surface area contributed by atoms with E-state index in [9.17, 15) is 18.8 Å². The molecule has 1 amide bonds. The van der Waals surface area contributed by atoms with Crippen LogP contribution in [0.2, 0.25) is 0 Å². The third-order valence-electron chi connectivity index (χ3n) is 8.23. The molecule has 44 heavy (non-hydrogen) atoms. The Labute approximate surface area is 256 Å². The minimum absolute atomic E-state index is 0.0454. The van der Waals surface area contributed by atoms with E-state index in [-0.39, 0.29) is 23.9 Å². The van der Waals surface area contributed by atoms with Gasteiger partial charge in [-0.25, -0.2) is 4.39 Å². The Morgan fingerprint density at radius 2 is 1.55 bits per heavy atom. The van der Waals surface area contributed by atoms with Gasteiger partial charge in [-0.3, -0.25) is 19.3 Å². The number of halogens is 1. The average Bonchev–Trinajstić information content (AvgIpc) is 3.19. The first kappa shape index (κ1) is 29.4. The molecule has 2 N–H and O–H groups in total. The lowest BCUT2D eigenvalue weighted by Gasteiger charge is -2.26. The Kier molecular flexibility index (Phi) is 8.91. The van der Waals surface area contributed by atoms with Crippen LogP contribution in [0.4, 0.5) is 15.8 Å². The van der Waals surface area contributed by atoms with E-state index in [1.807, 2.05) is 24.3 Å². The molecule has 0 spiro atoms. The van der Waals surface area contributed by atoms with Crippen LogP contribution in [0.3, 0.4) is 0 Å². The van der Waals surface area contributed by atoms with Crippen molar-refractivity contribution < 1.29 is 23.5 Å². The summed E-state index contributed by atoms with van der Waals surface area (Å²) in [5, 5.41) is 6.28. The first-order valence-corrected chi connectivity index (χ1v) is 15.0. The molecule has 8 heteroatoms. The summed E-state index contributed by atoms with van der Waals surface area (Å²) in [6.07, 6.45) is 1.28. The number of carbonyl (C=O) groups is 3. The highest BCUT2D eigenvalue weighted by Gasteiger charge is 2.23. The summed E-state index contributed by atoms with van der Waals surface area (Å²) >= 11 is 0. The van der Waals surface area contributed by atoms with Crippen LogP contribution in [0.5, 0.6) is 0 Å². The number of hydrogen-bond acceptors (Lipinski definition) is 6. The predicted octanol–water partition coefficient (Wildman–Crippen LogP) is 5.39. The Morgan fingerprint density at radius 3 is 2.36 bits per heavy atom. The Bertz CT molecular complexity index is 1700. The fourth-order valence-corrected chi connectivity index (χ4v) is 5.77. The molecule has 0 bridgehead atoms. The van der Waals surface area contributed by atoms with Crippen LogP contribution in [0.25, 0.3) is 0 Å². The molecular weight excluding hydrogens is 557 g/mol. The Morgan fingerprint density at radius 1 is 0.795 bits per heavy atom. The molecule has 0 aromatic heterocycles. The molecule has 6 rings (SSSR count). The number of ether oxygens (including phenoxy) is 1. The number of anilines is 2. The third-order valence-corrected chi connectivity index (χ3v) is 8.23. The summed E-state index contributed by atoms with van der Waals surface area (Å²) < 4.78 is 20.0. The quantitative estimate of drug-likeness (QED) is 0.254. The molecule has 7 nitrogen and oxygen atoms in total. The number of nitrogens with one attached hydrogen (secondary N) is 2. The van der Waals surface area contributed by atoms with Crippen LogP contribution in [0.15, 0.2) is 84.9 Å². The highest BCUT2D eigenvalue weighted by atomic mass is 19.1. The van der Waals surface area contributed by atoms with Gasteiger partial charge in [-0.15, -0.1) is 0 Å². The Hall–Kier alpha value is -4.66. The molecule has 0 radical (unpaired) electrons. The van der Waals surface area contributed by atoms with Crippen LogP contribution >= 0.6 is 0 Å². The maximum Gasteiger partial charge on any atom is 0.251 e. The van der Waals surface area contributed by atoms with Gasteiger partial charge in [0.1, 0.15) is 5.82 Å². The van der Waals surface area contributed by atoms with Crippen molar-refractivity contribution in [3.05, 3.63) is 130 Å². The van der Waals surface area contributed by atoms with Crippen LogP contribution in [0, 0.1) is 5.82 Å². The first-order chi connectivity index (χ1) is 21.4. The number of carbonyl (C=O) groups excluding carboxylic acids is 3. The highest BCUT2D eigenvalue weighted by Crippen LogP contribution is 2.29. The number of morpholine rings is 1. The van der Waals surface area contributed by atoms with Crippen LogP contribution in [-0.4, -0.2) is 61.8 Å². The zero-order chi connectivity index (χ0) is 30.5. The molecule has 4 aromatic carbocycles. The zero-order valence-electron chi connectivity index (χ0n) is 24.4. The molecule has 224 valence electrons. The SMILES string of the molecule is O=C(Cc1cc(Nc2ccc3c(c2)CCc2ccc(C(=O)NCCN4CCOCC4)cc2C3=O)ccc1F)c1ccccc1. The number of rotatable bonds is 9. The van der Waals surface area contributed by atoms with Crippen LogP contribution in [-0.2, 0) is 24.0 Å². The van der Waals surface area contributed by atoms with E-state index in [4.69, 9.17) is 4.74 Å². The standard InChI is InChI=1S/C36H34FN3O4/c37-33-13-11-30(21-28(33)23-34(41)25-4-2-1-3-5-25)39-29-10-12-31-26(20-29)8-6-24-7-9-27(22-32(24)35(31)42)36(43)38-14-15-40-16-18-44-19-17-40/h1-5,7,9-13,20-22,39H,6,8,14-19,23H2,(H,38,43). The second kappa shape index (κ2) is 13.3. The lowest BCUT2D eigenvalue weighted by Crippen LogP contribution is -2.41. The van der Waals surface area contributed by atoms with Gasteiger partial charge < -0.3 is 15.4 Å². The molecule has 1 fully saturated rings. The van der Waals surface area contributed by atoms with Gasteiger partial charge in [-0.05, 0) is 78.1 Å². The molecule has 1 aliphatic heterocycles. The summed E-state index contributed by atoms with van der Waals surface area (Å²) in [4.78, 5) is 41.5. The molecule has 1 aliphatic carbocycles. The van der Waals surface area contributed by atoms with E-state index in [1.54, 1.807) is 54.6 Å². The number of ketones is 2. The monoisotopic (exact) mass is 591 g/mol. The highest BCUT2D eigenvalue weighted by molar-refractivity contribution is 6.12. The fraction of sp³-hybridized carbons (Fsp3) is 0.250. The molecule has 0 unspecified atom stereocenters. The lowest BCUT2D eigenvalue weighted by molar-refractivity contribution is 0.0383. The second-order valence-electron chi connectivity index (χ2n) is 11.2. The number of amides is 1. The minimum Gasteiger partial charge on any atom is -0.379 e. The summed E-state index contributed by atoms with van der Waals surface area (Å²) in [6, 6.07) is 24.4. The topological polar surface area (TPSA) is 87.7 Å². The molecular formula is C36H34FN3O4. The molecule has 0 saturated carbocycles. The van der Waals surface area contributed by atoms with E-state index >= 15 is 0 Å². The van der Waals surface area contributed by atoms with E-state index in [1.165, 1.54) is 6.07 Å². The van der Waals surface area contributed by atoms with E-state index in [0.29, 0.717) is 66.1 Å². The van der Waals surface area contributed by atoms with Gasteiger partial charge in [0.15, 0.2) is 11.6 Å². The summed E-state index contributed by atoms with van der Waals surface area (Å²) in [5.74, 6) is -0.888. The Balaban J connectivity index is 1.14. The number of nitrogens with zero attached hydrogens (tertiary/aromatic N) is 1. The van der Waals surface area contributed by atoms with E-state index < -0.39 is 5.82 Å². The van der Waals surface area contributed by atoms with Crippen LogP contribution in [0.1, 0.15) is 53.3 Å². The number of fused-ring (bicyclic) bond motifs is 2. The smallest absolute Gasteiger partial charge is 0.251 e. The molecule has 0 atom stereocenters. The van der Waals surface area contributed by atoms with Crippen molar-refractivity contribution >= 4 is 28.8 Å². The minimum atomic E-state index is -0.435. The van der Waals surface area contributed by atoms with Gasteiger partial charge in [0.25, 0.3) is 5.91 Å². The molecule has 1 heterocycles. The number of Topliss-reactive ketones (excluding diaryl/α,β-unsaturated/α-hetero) is 1. The van der Waals surface area contributed by atoms with Crippen LogP contribution < -0.4 is 10.6 Å². The normalized spacial score (nSPS) is 14.7. The maximum atomic E-state index is 14.6. The zero-order valence-corrected chi connectivity index (χ0v) is 24.4. The average molecular weight is 592 g/mol. The van der Waals surface area contributed by atoms with Crippen molar-refractivity contribution in [1.82, 2.24) is 10.2 Å².